The highest BCUT2D eigenvalue weighted by Gasteiger charge is 2.36. The second-order valence-corrected chi connectivity index (χ2v) is 3.70. The summed E-state index contributed by atoms with van der Waals surface area (Å²) in [6.07, 6.45) is 4.83. The first kappa shape index (κ1) is 7.14. The predicted molar refractivity (Wildman–Crippen MR) is 42.8 cm³/mol. The third-order valence-electron chi connectivity index (χ3n) is 2.96. The molecule has 1 amide bonds. The van der Waals surface area contributed by atoms with E-state index in [1.165, 1.54) is 12.8 Å². The largest absolute Gasteiger partial charge is 0.342 e. The average Bonchev–Trinajstić information content (AvgIpc) is 2.40. The van der Waals surface area contributed by atoms with Crippen molar-refractivity contribution in [3.63, 3.8) is 0 Å². The van der Waals surface area contributed by atoms with Crippen LogP contribution < -0.4 is 0 Å². The highest BCUT2D eigenvalue weighted by atomic mass is 16.2. The van der Waals surface area contributed by atoms with E-state index >= 15 is 0 Å². The molecule has 0 bridgehead atoms. The Morgan fingerprint density at radius 1 is 1.36 bits per heavy atom. The molecule has 2 unspecified atom stereocenters. The van der Waals surface area contributed by atoms with E-state index in [9.17, 15) is 4.79 Å². The zero-order chi connectivity index (χ0) is 7.84. The Kier molecular flexibility index (Phi) is 1.63. The number of carbonyl (C=O) groups is 1. The van der Waals surface area contributed by atoms with E-state index in [1.807, 2.05) is 4.90 Å². The van der Waals surface area contributed by atoms with Gasteiger partial charge in [0.2, 0.25) is 5.91 Å². The van der Waals surface area contributed by atoms with Gasteiger partial charge in [-0.15, -0.1) is 0 Å². The van der Waals surface area contributed by atoms with Crippen LogP contribution in [-0.2, 0) is 4.79 Å². The van der Waals surface area contributed by atoms with Crippen molar-refractivity contribution in [3.8, 4) is 0 Å². The summed E-state index contributed by atoms with van der Waals surface area (Å²) in [7, 11) is 0. The van der Waals surface area contributed by atoms with E-state index in [0.29, 0.717) is 0 Å². The quantitative estimate of drug-likeness (QED) is 0.508. The van der Waals surface area contributed by atoms with Crippen LogP contribution in [0.25, 0.3) is 0 Å². The topological polar surface area (TPSA) is 20.3 Å². The maximum atomic E-state index is 11.0. The number of amides is 1. The minimum atomic E-state index is 0.249. The molecule has 1 saturated heterocycles. The van der Waals surface area contributed by atoms with Crippen LogP contribution in [-0.4, -0.2) is 23.9 Å². The first-order chi connectivity index (χ1) is 5.27. The molecule has 0 N–H and O–H groups in total. The van der Waals surface area contributed by atoms with Crippen molar-refractivity contribution >= 4 is 5.91 Å². The van der Waals surface area contributed by atoms with Gasteiger partial charge in [0.1, 0.15) is 0 Å². The van der Waals surface area contributed by atoms with Gasteiger partial charge in [-0.2, -0.15) is 0 Å². The Balaban J connectivity index is 1.99. The van der Waals surface area contributed by atoms with E-state index in [-0.39, 0.29) is 5.91 Å². The fourth-order valence-electron chi connectivity index (χ4n) is 2.25. The van der Waals surface area contributed by atoms with Gasteiger partial charge >= 0.3 is 0 Å². The van der Waals surface area contributed by atoms with Crippen molar-refractivity contribution in [2.45, 2.75) is 19.8 Å². The first-order valence-electron chi connectivity index (χ1n) is 4.34. The highest BCUT2D eigenvalue weighted by Crippen LogP contribution is 2.36. The molecule has 1 radical (unpaired) electrons. The molecule has 2 heteroatoms. The van der Waals surface area contributed by atoms with Crippen molar-refractivity contribution in [1.82, 2.24) is 4.90 Å². The number of likely N-dealkylation sites (tertiary alicyclic amines) is 1. The lowest BCUT2D eigenvalue weighted by molar-refractivity contribution is -0.128. The Bertz CT molecular complexity index is 166. The van der Waals surface area contributed by atoms with Crippen LogP contribution in [0.2, 0.25) is 0 Å². The van der Waals surface area contributed by atoms with Crippen LogP contribution in [0.1, 0.15) is 19.8 Å². The van der Waals surface area contributed by atoms with Crippen LogP contribution >= 0.6 is 0 Å². The Labute approximate surface area is 67.6 Å². The van der Waals surface area contributed by atoms with Crippen LogP contribution in [0.4, 0.5) is 0 Å². The van der Waals surface area contributed by atoms with E-state index in [0.717, 1.165) is 24.9 Å². The summed E-state index contributed by atoms with van der Waals surface area (Å²) in [6.45, 7) is 3.69. The Morgan fingerprint density at radius 3 is 2.36 bits per heavy atom. The van der Waals surface area contributed by atoms with Gasteiger partial charge in [-0.1, -0.05) is 0 Å². The van der Waals surface area contributed by atoms with Crippen molar-refractivity contribution in [2.24, 2.45) is 11.8 Å². The average molecular weight is 152 g/mol. The number of nitrogens with zero attached hydrogens (tertiary/aromatic N) is 1. The number of rotatable bonds is 0. The van der Waals surface area contributed by atoms with Crippen LogP contribution in [0.15, 0.2) is 0 Å². The third-order valence-corrected chi connectivity index (χ3v) is 2.96. The maximum absolute atomic E-state index is 11.0. The monoisotopic (exact) mass is 152 g/mol. The predicted octanol–water partition coefficient (Wildman–Crippen LogP) is 1.08. The Morgan fingerprint density at radius 2 is 1.91 bits per heavy atom. The molecule has 2 nitrogen and oxygen atoms in total. The summed E-state index contributed by atoms with van der Waals surface area (Å²) >= 11 is 0. The van der Waals surface area contributed by atoms with Crippen LogP contribution in [0.3, 0.4) is 0 Å². The summed E-state index contributed by atoms with van der Waals surface area (Å²) in [4.78, 5) is 13.0. The second kappa shape index (κ2) is 2.50. The van der Waals surface area contributed by atoms with Gasteiger partial charge in [-0.3, -0.25) is 4.79 Å². The van der Waals surface area contributed by atoms with Crippen LogP contribution in [0, 0.1) is 18.3 Å². The van der Waals surface area contributed by atoms with Gasteiger partial charge < -0.3 is 4.90 Å². The minimum Gasteiger partial charge on any atom is -0.342 e. The van der Waals surface area contributed by atoms with E-state index < -0.39 is 0 Å². The molecule has 1 heterocycles. The van der Waals surface area contributed by atoms with Gasteiger partial charge in [0.25, 0.3) is 0 Å². The lowest BCUT2D eigenvalue weighted by Gasteiger charge is -2.13. The molecular formula is C9H14NO. The molecule has 1 aliphatic carbocycles. The van der Waals surface area contributed by atoms with E-state index in [4.69, 9.17) is 0 Å². The van der Waals surface area contributed by atoms with Gasteiger partial charge in [0.05, 0.1) is 0 Å². The molecular weight excluding hydrogens is 138 g/mol. The molecule has 0 aromatic heterocycles. The van der Waals surface area contributed by atoms with Gasteiger partial charge in [0, 0.05) is 20.0 Å². The zero-order valence-electron chi connectivity index (χ0n) is 6.92. The number of hydrogen-bond acceptors (Lipinski definition) is 1. The minimum absolute atomic E-state index is 0.249. The first-order valence-corrected chi connectivity index (χ1v) is 4.34. The van der Waals surface area contributed by atoms with Crippen LogP contribution in [0.5, 0.6) is 0 Å². The summed E-state index contributed by atoms with van der Waals surface area (Å²) in [5.74, 6) is 1.83. The van der Waals surface area contributed by atoms with Gasteiger partial charge in [0.15, 0.2) is 0 Å². The molecule has 0 spiro atoms. The van der Waals surface area contributed by atoms with E-state index in [1.54, 1.807) is 6.92 Å². The molecule has 2 rings (SSSR count). The third kappa shape index (κ3) is 1.15. The van der Waals surface area contributed by atoms with Crippen molar-refractivity contribution in [1.29, 1.82) is 0 Å². The summed E-state index contributed by atoms with van der Waals surface area (Å²) < 4.78 is 0. The molecule has 2 aliphatic rings. The number of fused-ring (bicyclic) bond motifs is 1. The summed E-state index contributed by atoms with van der Waals surface area (Å²) in [5, 5.41) is 0. The molecule has 2 fully saturated rings. The highest BCUT2D eigenvalue weighted by molar-refractivity contribution is 5.73. The standard InChI is InChI=1S/C9H14NO/c1-7(11)10-5-8-3-2-4-9(8)6-10/h2,8-9H,3-6H2,1H3. The fourth-order valence-corrected chi connectivity index (χ4v) is 2.25. The molecule has 0 aromatic carbocycles. The lowest BCUT2D eigenvalue weighted by Crippen LogP contribution is -2.26. The summed E-state index contributed by atoms with van der Waals surface area (Å²) in [5.41, 5.74) is 0. The van der Waals surface area contributed by atoms with Crippen molar-refractivity contribution in [3.05, 3.63) is 6.42 Å². The number of carbonyl (C=O) groups excluding carboxylic acids is 1. The normalized spacial score (nSPS) is 35.9. The molecule has 0 aromatic rings. The summed E-state index contributed by atoms with van der Waals surface area (Å²) in [6, 6.07) is 0. The molecule has 1 saturated carbocycles. The fraction of sp³-hybridized carbons (Fsp3) is 0.778. The zero-order valence-corrected chi connectivity index (χ0v) is 6.92. The van der Waals surface area contributed by atoms with Gasteiger partial charge in [-0.25, -0.2) is 0 Å². The SMILES string of the molecule is CC(=O)N1CC2C[CH]CC2C1. The second-order valence-electron chi connectivity index (χ2n) is 3.70. The maximum Gasteiger partial charge on any atom is 0.219 e. The molecule has 2 atom stereocenters. The molecule has 11 heavy (non-hydrogen) atoms. The molecule has 61 valence electrons. The molecule has 1 aliphatic heterocycles. The smallest absolute Gasteiger partial charge is 0.219 e. The van der Waals surface area contributed by atoms with E-state index in [2.05, 4.69) is 6.42 Å². The number of hydrogen-bond donors (Lipinski definition) is 0. The Hall–Kier alpha value is -0.530. The van der Waals surface area contributed by atoms with Crippen molar-refractivity contribution in [2.75, 3.05) is 13.1 Å². The van der Waals surface area contributed by atoms with Gasteiger partial charge in [-0.05, 0) is 31.1 Å². The van der Waals surface area contributed by atoms with Crippen molar-refractivity contribution < 1.29 is 4.79 Å². The lowest BCUT2D eigenvalue weighted by atomic mass is 10.0.